The number of hydrazine groups is 1. The van der Waals surface area contributed by atoms with Gasteiger partial charge in [-0.3, -0.25) is 20.4 Å². The summed E-state index contributed by atoms with van der Waals surface area (Å²) in [7, 11) is 0. The van der Waals surface area contributed by atoms with Crippen LogP contribution in [0.1, 0.15) is 17.3 Å². The Morgan fingerprint density at radius 1 is 0.909 bits per heavy atom. The van der Waals surface area contributed by atoms with Crippen molar-refractivity contribution in [1.82, 2.24) is 20.6 Å². The van der Waals surface area contributed by atoms with Crippen LogP contribution in [0.3, 0.4) is 0 Å². The number of hydrogen-bond acceptors (Lipinski definition) is 4. The second-order valence-electron chi connectivity index (χ2n) is 7.17. The Labute approximate surface area is 189 Å². The van der Waals surface area contributed by atoms with Crippen molar-refractivity contribution in [2.45, 2.75) is 13.0 Å². The lowest BCUT2D eigenvalue weighted by Crippen LogP contribution is -2.47. The summed E-state index contributed by atoms with van der Waals surface area (Å²) >= 11 is 0. The minimum atomic E-state index is -1.04. The Kier molecular flexibility index (Phi) is 6.45. The number of nitrogens with zero attached hydrogens (tertiary/aromatic N) is 2. The molecule has 1 unspecified atom stereocenters. The summed E-state index contributed by atoms with van der Waals surface area (Å²) in [5.74, 6) is -1.82. The molecule has 1 aromatic heterocycles. The zero-order valence-electron chi connectivity index (χ0n) is 17.7. The molecule has 0 bridgehead atoms. The van der Waals surface area contributed by atoms with Crippen LogP contribution in [-0.2, 0) is 4.79 Å². The van der Waals surface area contributed by atoms with Gasteiger partial charge in [-0.15, -0.1) is 0 Å². The molecule has 0 fully saturated rings. The van der Waals surface area contributed by atoms with E-state index in [1.807, 2.05) is 60.7 Å². The van der Waals surface area contributed by atoms with Crippen molar-refractivity contribution < 1.29 is 18.7 Å². The molecule has 0 radical (unpaired) electrons. The molecular formula is C25H21FN4O3. The van der Waals surface area contributed by atoms with Gasteiger partial charge in [-0.05, 0) is 31.2 Å². The van der Waals surface area contributed by atoms with E-state index in [2.05, 4.69) is 16.0 Å². The molecule has 2 N–H and O–H groups in total. The molecule has 1 atom stereocenters. The van der Waals surface area contributed by atoms with E-state index in [0.29, 0.717) is 5.69 Å². The molecule has 0 aliphatic heterocycles. The van der Waals surface area contributed by atoms with E-state index in [-0.39, 0.29) is 11.3 Å². The number of nitrogens with one attached hydrogen (secondary N) is 2. The van der Waals surface area contributed by atoms with E-state index in [4.69, 9.17) is 4.74 Å². The Balaban J connectivity index is 1.51. The van der Waals surface area contributed by atoms with Crippen LogP contribution in [0.25, 0.3) is 16.9 Å². The van der Waals surface area contributed by atoms with Gasteiger partial charge in [0.15, 0.2) is 17.7 Å². The number of aromatic nitrogens is 2. The molecule has 4 rings (SSSR count). The molecule has 0 aliphatic rings. The van der Waals surface area contributed by atoms with Gasteiger partial charge in [0, 0.05) is 11.8 Å². The smallest absolute Gasteiger partial charge is 0.279 e. The molecule has 166 valence electrons. The van der Waals surface area contributed by atoms with Gasteiger partial charge in [0.2, 0.25) is 0 Å². The summed E-state index contributed by atoms with van der Waals surface area (Å²) < 4.78 is 20.7. The quantitative estimate of drug-likeness (QED) is 0.442. The third kappa shape index (κ3) is 5.07. The molecular weight excluding hydrogens is 423 g/mol. The summed E-state index contributed by atoms with van der Waals surface area (Å²) in [6.07, 6.45) is 0.557. The maximum atomic E-state index is 13.8. The maximum absolute atomic E-state index is 13.8. The van der Waals surface area contributed by atoms with Gasteiger partial charge in [-0.1, -0.05) is 60.7 Å². The Morgan fingerprint density at radius 3 is 2.24 bits per heavy atom. The average Bonchev–Trinajstić information content (AvgIpc) is 3.30. The molecule has 3 aromatic carbocycles. The van der Waals surface area contributed by atoms with Crippen LogP contribution in [0, 0.1) is 5.82 Å². The lowest BCUT2D eigenvalue weighted by atomic mass is 10.1. The molecule has 0 saturated heterocycles. The van der Waals surface area contributed by atoms with Crippen LogP contribution in [0.15, 0.2) is 91.1 Å². The van der Waals surface area contributed by atoms with Crippen molar-refractivity contribution in [2.75, 3.05) is 0 Å². The zero-order chi connectivity index (χ0) is 23.2. The third-order valence-corrected chi connectivity index (χ3v) is 4.84. The predicted octanol–water partition coefficient (Wildman–Crippen LogP) is 3.91. The minimum absolute atomic E-state index is 0.0537. The van der Waals surface area contributed by atoms with Gasteiger partial charge < -0.3 is 4.74 Å². The van der Waals surface area contributed by atoms with Gasteiger partial charge in [0.1, 0.15) is 5.69 Å². The lowest BCUT2D eigenvalue weighted by molar-refractivity contribution is -0.128. The fourth-order valence-corrected chi connectivity index (χ4v) is 3.13. The molecule has 0 spiro atoms. The van der Waals surface area contributed by atoms with E-state index < -0.39 is 23.7 Å². The summed E-state index contributed by atoms with van der Waals surface area (Å²) in [4.78, 5) is 25.3. The molecule has 0 saturated carbocycles. The first-order valence-corrected chi connectivity index (χ1v) is 10.2. The van der Waals surface area contributed by atoms with Crippen LogP contribution >= 0.6 is 0 Å². The van der Waals surface area contributed by atoms with E-state index in [9.17, 15) is 14.0 Å². The standard InChI is InChI=1S/C25H21FN4O3/c1-17(33-22-15-9-8-14-21(22)26)24(31)27-28-25(32)20-16-30(19-12-6-3-7-13-19)29-23(20)18-10-4-2-5-11-18/h2-17H,1H3,(H,27,31)(H,28,32). The second kappa shape index (κ2) is 9.78. The normalized spacial score (nSPS) is 11.5. The summed E-state index contributed by atoms with van der Waals surface area (Å²) in [6.45, 7) is 1.46. The highest BCUT2D eigenvalue weighted by Gasteiger charge is 2.21. The molecule has 8 heteroatoms. The number of carbonyl (C=O) groups excluding carboxylic acids is 2. The van der Waals surface area contributed by atoms with E-state index in [0.717, 1.165) is 11.3 Å². The van der Waals surface area contributed by atoms with Crippen LogP contribution in [0.4, 0.5) is 4.39 Å². The first kappa shape index (κ1) is 21.8. The Bertz CT molecular complexity index is 1260. The number of ether oxygens (including phenoxy) is 1. The van der Waals surface area contributed by atoms with E-state index >= 15 is 0 Å². The summed E-state index contributed by atoms with van der Waals surface area (Å²) in [6, 6.07) is 24.4. The SMILES string of the molecule is CC(Oc1ccccc1F)C(=O)NNC(=O)c1cn(-c2ccccc2)nc1-c1ccccc1. The van der Waals surface area contributed by atoms with Gasteiger partial charge in [0.25, 0.3) is 11.8 Å². The first-order chi connectivity index (χ1) is 16.0. The van der Waals surface area contributed by atoms with Gasteiger partial charge >= 0.3 is 0 Å². The fourth-order valence-electron chi connectivity index (χ4n) is 3.13. The predicted molar refractivity (Wildman–Crippen MR) is 121 cm³/mol. The molecule has 1 heterocycles. The van der Waals surface area contributed by atoms with Crippen LogP contribution in [0.5, 0.6) is 5.75 Å². The largest absolute Gasteiger partial charge is 0.478 e. The van der Waals surface area contributed by atoms with Crippen molar-refractivity contribution in [3.63, 3.8) is 0 Å². The fraction of sp³-hybridized carbons (Fsp3) is 0.0800. The van der Waals surface area contributed by atoms with Crippen LogP contribution in [0.2, 0.25) is 0 Å². The molecule has 0 aliphatic carbocycles. The van der Waals surface area contributed by atoms with Crippen molar-refractivity contribution in [2.24, 2.45) is 0 Å². The van der Waals surface area contributed by atoms with Crippen molar-refractivity contribution >= 4 is 11.8 Å². The molecule has 33 heavy (non-hydrogen) atoms. The van der Waals surface area contributed by atoms with Gasteiger partial charge in [-0.2, -0.15) is 5.10 Å². The van der Waals surface area contributed by atoms with Crippen molar-refractivity contribution in [3.05, 3.63) is 103 Å². The number of amides is 2. The number of hydrogen-bond donors (Lipinski definition) is 2. The monoisotopic (exact) mass is 444 g/mol. The highest BCUT2D eigenvalue weighted by Crippen LogP contribution is 2.23. The maximum Gasteiger partial charge on any atom is 0.279 e. The van der Waals surface area contributed by atoms with Crippen LogP contribution in [-0.4, -0.2) is 27.7 Å². The van der Waals surface area contributed by atoms with Gasteiger partial charge in [-0.25, -0.2) is 9.07 Å². The second-order valence-corrected chi connectivity index (χ2v) is 7.17. The topological polar surface area (TPSA) is 85.3 Å². The number of para-hydroxylation sites is 2. The van der Waals surface area contributed by atoms with Gasteiger partial charge in [0.05, 0.1) is 11.3 Å². The molecule has 4 aromatic rings. The van der Waals surface area contributed by atoms with E-state index in [1.165, 1.54) is 25.1 Å². The number of rotatable bonds is 6. The zero-order valence-corrected chi connectivity index (χ0v) is 17.7. The van der Waals surface area contributed by atoms with Crippen molar-refractivity contribution in [3.8, 4) is 22.7 Å². The Morgan fingerprint density at radius 2 is 1.55 bits per heavy atom. The highest BCUT2D eigenvalue weighted by atomic mass is 19.1. The summed E-state index contributed by atoms with van der Waals surface area (Å²) in [5.41, 5.74) is 6.98. The molecule has 2 amide bonds. The molecule has 7 nitrogen and oxygen atoms in total. The minimum Gasteiger partial charge on any atom is -0.478 e. The number of carbonyl (C=O) groups is 2. The third-order valence-electron chi connectivity index (χ3n) is 4.84. The number of halogens is 1. The number of benzene rings is 3. The average molecular weight is 444 g/mol. The van der Waals surface area contributed by atoms with Crippen molar-refractivity contribution in [1.29, 1.82) is 0 Å². The van der Waals surface area contributed by atoms with Crippen LogP contribution < -0.4 is 15.6 Å². The summed E-state index contributed by atoms with van der Waals surface area (Å²) in [5, 5.41) is 4.58. The highest BCUT2D eigenvalue weighted by molar-refractivity contribution is 6.00. The lowest BCUT2D eigenvalue weighted by Gasteiger charge is -2.15. The Hall–Kier alpha value is -4.46. The first-order valence-electron chi connectivity index (χ1n) is 10.2. The van der Waals surface area contributed by atoms with E-state index in [1.54, 1.807) is 16.9 Å².